The molecule has 0 aliphatic carbocycles. The van der Waals surface area contributed by atoms with Crippen LogP contribution in [0.3, 0.4) is 0 Å². The Morgan fingerprint density at radius 2 is 2.07 bits per heavy atom. The Morgan fingerprint density at radius 3 is 2.53 bits per heavy atom. The van der Waals surface area contributed by atoms with E-state index in [0.29, 0.717) is 12.8 Å². The lowest BCUT2D eigenvalue weighted by Gasteiger charge is -2.20. The second kappa shape index (κ2) is 5.15. The first-order valence-electron chi connectivity index (χ1n) is 4.48. The highest BCUT2D eigenvalue weighted by atomic mass is 32.1. The lowest BCUT2D eigenvalue weighted by molar-refractivity contribution is 0.531. The molecule has 0 fully saturated rings. The van der Waals surface area contributed by atoms with Crippen molar-refractivity contribution < 1.29 is 0 Å². The van der Waals surface area contributed by atoms with E-state index >= 15 is 0 Å². The van der Waals surface area contributed by atoms with Crippen LogP contribution in [0.2, 0.25) is 0 Å². The second-order valence-electron chi connectivity index (χ2n) is 3.16. The summed E-state index contributed by atoms with van der Waals surface area (Å²) in [6.45, 7) is 0. The van der Waals surface area contributed by atoms with Crippen molar-refractivity contribution in [1.29, 1.82) is 15.8 Å². The van der Waals surface area contributed by atoms with E-state index in [1.165, 1.54) is 11.3 Å². The van der Waals surface area contributed by atoms with E-state index in [-0.39, 0.29) is 6.42 Å². The molecule has 0 bridgehead atoms. The highest BCUT2D eigenvalue weighted by molar-refractivity contribution is 7.10. The molecular formula is C11H9N3S. The van der Waals surface area contributed by atoms with Crippen molar-refractivity contribution in [3.05, 3.63) is 22.4 Å². The number of nitriles is 3. The van der Waals surface area contributed by atoms with Gasteiger partial charge in [0.25, 0.3) is 0 Å². The molecule has 0 spiro atoms. The summed E-state index contributed by atoms with van der Waals surface area (Å²) < 4.78 is 0. The minimum Gasteiger partial charge on any atom is -0.198 e. The summed E-state index contributed by atoms with van der Waals surface area (Å²) in [7, 11) is 0. The van der Waals surface area contributed by atoms with Crippen molar-refractivity contribution in [2.45, 2.75) is 24.7 Å². The van der Waals surface area contributed by atoms with Gasteiger partial charge in [0.05, 0.1) is 24.6 Å². The molecule has 0 amide bonds. The van der Waals surface area contributed by atoms with Gasteiger partial charge in [0.2, 0.25) is 0 Å². The maximum absolute atomic E-state index is 9.20. The van der Waals surface area contributed by atoms with E-state index in [2.05, 4.69) is 6.07 Å². The zero-order valence-corrected chi connectivity index (χ0v) is 8.92. The predicted octanol–water partition coefficient (Wildman–Crippen LogP) is 2.73. The summed E-state index contributed by atoms with van der Waals surface area (Å²) in [6, 6.07) is 9.95. The van der Waals surface area contributed by atoms with Crippen molar-refractivity contribution in [1.82, 2.24) is 0 Å². The molecule has 1 unspecified atom stereocenters. The highest BCUT2D eigenvalue weighted by Crippen LogP contribution is 2.35. The van der Waals surface area contributed by atoms with Gasteiger partial charge in [-0.25, -0.2) is 0 Å². The first kappa shape index (κ1) is 11.2. The first-order valence-corrected chi connectivity index (χ1v) is 5.36. The summed E-state index contributed by atoms with van der Waals surface area (Å²) in [5.41, 5.74) is -0.793. The molecule has 0 N–H and O–H groups in total. The lowest BCUT2D eigenvalue weighted by atomic mass is 9.81. The van der Waals surface area contributed by atoms with Crippen molar-refractivity contribution in [2.24, 2.45) is 0 Å². The van der Waals surface area contributed by atoms with Gasteiger partial charge >= 0.3 is 0 Å². The van der Waals surface area contributed by atoms with Crippen molar-refractivity contribution in [3.8, 4) is 18.2 Å². The smallest absolute Gasteiger partial charge is 0.105 e. The van der Waals surface area contributed by atoms with Crippen LogP contribution in [0.25, 0.3) is 0 Å². The minimum absolute atomic E-state index is 0.145. The van der Waals surface area contributed by atoms with Crippen LogP contribution in [0.4, 0.5) is 0 Å². The molecule has 74 valence electrons. The molecule has 1 heterocycles. The highest BCUT2D eigenvalue weighted by Gasteiger charge is 2.32. The molecule has 1 rings (SSSR count). The van der Waals surface area contributed by atoms with Gasteiger partial charge in [0.15, 0.2) is 0 Å². The normalized spacial score (nSPS) is 13.1. The molecule has 1 aromatic rings. The van der Waals surface area contributed by atoms with E-state index in [4.69, 9.17) is 10.5 Å². The van der Waals surface area contributed by atoms with E-state index in [1.807, 2.05) is 29.7 Å². The van der Waals surface area contributed by atoms with Gasteiger partial charge in [-0.3, -0.25) is 0 Å². The number of hydrogen-bond donors (Lipinski definition) is 0. The van der Waals surface area contributed by atoms with Gasteiger partial charge in [-0.05, 0) is 17.9 Å². The van der Waals surface area contributed by atoms with Gasteiger partial charge in [0, 0.05) is 11.3 Å². The minimum atomic E-state index is -0.793. The molecule has 0 aliphatic rings. The Hall–Kier alpha value is -1.83. The van der Waals surface area contributed by atoms with Crippen molar-refractivity contribution >= 4 is 11.3 Å². The van der Waals surface area contributed by atoms with Crippen LogP contribution in [0.15, 0.2) is 17.5 Å². The van der Waals surface area contributed by atoms with Gasteiger partial charge in [-0.2, -0.15) is 15.8 Å². The monoisotopic (exact) mass is 215 g/mol. The molecule has 0 saturated heterocycles. The van der Waals surface area contributed by atoms with E-state index < -0.39 is 5.41 Å². The van der Waals surface area contributed by atoms with E-state index in [9.17, 15) is 5.26 Å². The summed E-state index contributed by atoms with van der Waals surface area (Å²) >= 11 is 1.46. The largest absolute Gasteiger partial charge is 0.198 e. The summed E-state index contributed by atoms with van der Waals surface area (Å²) in [5, 5.41) is 28.4. The molecule has 3 nitrogen and oxygen atoms in total. The molecular weight excluding hydrogens is 206 g/mol. The van der Waals surface area contributed by atoms with Crippen LogP contribution in [-0.2, 0) is 5.41 Å². The van der Waals surface area contributed by atoms with Crippen LogP contribution in [0.1, 0.15) is 24.1 Å². The van der Waals surface area contributed by atoms with Crippen molar-refractivity contribution in [3.63, 3.8) is 0 Å². The Kier molecular flexibility index (Phi) is 3.86. The van der Waals surface area contributed by atoms with Crippen LogP contribution >= 0.6 is 11.3 Å². The Bertz CT molecular complexity index is 430. The standard InChI is InChI=1S/C11H9N3S/c12-6-2-4-11(9-14,5-7-13)10-3-1-8-15-10/h1,3,8H,2,4-5H2. The third-order valence-electron chi connectivity index (χ3n) is 2.25. The molecule has 1 atom stereocenters. The van der Waals surface area contributed by atoms with Gasteiger partial charge < -0.3 is 0 Å². The average Bonchev–Trinajstić information content (AvgIpc) is 2.78. The van der Waals surface area contributed by atoms with Crippen LogP contribution in [-0.4, -0.2) is 0 Å². The quantitative estimate of drug-likeness (QED) is 0.775. The average molecular weight is 215 g/mol. The first-order chi connectivity index (χ1) is 7.29. The fraction of sp³-hybridized carbons (Fsp3) is 0.364. The zero-order valence-electron chi connectivity index (χ0n) is 8.10. The van der Waals surface area contributed by atoms with Crippen LogP contribution in [0.5, 0.6) is 0 Å². The van der Waals surface area contributed by atoms with Crippen LogP contribution < -0.4 is 0 Å². The maximum atomic E-state index is 9.20. The predicted molar refractivity (Wildman–Crippen MR) is 56.7 cm³/mol. The summed E-state index contributed by atoms with van der Waals surface area (Å²) in [4.78, 5) is 0.877. The number of hydrogen-bond acceptors (Lipinski definition) is 4. The van der Waals surface area contributed by atoms with E-state index in [1.54, 1.807) is 0 Å². The zero-order chi connectivity index (χ0) is 11.1. The topological polar surface area (TPSA) is 71.4 Å². The number of rotatable bonds is 4. The second-order valence-corrected chi connectivity index (χ2v) is 4.11. The Labute approximate surface area is 92.8 Å². The summed E-state index contributed by atoms with van der Waals surface area (Å²) in [5.74, 6) is 0. The molecule has 0 radical (unpaired) electrons. The van der Waals surface area contributed by atoms with E-state index in [0.717, 1.165) is 4.88 Å². The molecule has 1 aromatic heterocycles. The number of nitrogens with zero attached hydrogens (tertiary/aromatic N) is 3. The van der Waals surface area contributed by atoms with Gasteiger partial charge in [0.1, 0.15) is 5.41 Å². The molecule has 4 heteroatoms. The third kappa shape index (κ3) is 2.34. The summed E-state index contributed by atoms with van der Waals surface area (Å²) in [6.07, 6.45) is 0.868. The van der Waals surface area contributed by atoms with Crippen LogP contribution in [0, 0.1) is 34.0 Å². The Balaban J connectivity index is 3.02. The number of thiophene rings is 1. The fourth-order valence-electron chi connectivity index (χ4n) is 1.40. The molecule has 0 aromatic carbocycles. The van der Waals surface area contributed by atoms with Crippen molar-refractivity contribution in [2.75, 3.05) is 0 Å². The maximum Gasteiger partial charge on any atom is 0.105 e. The SMILES string of the molecule is N#CCCC(C#N)(CC#N)c1cccs1. The lowest BCUT2D eigenvalue weighted by Crippen LogP contribution is -2.22. The molecule has 0 saturated carbocycles. The fourth-order valence-corrected chi connectivity index (χ4v) is 2.31. The molecule has 0 aliphatic heterocycles. The third-order valence-corrected chi connectivity index (χ3v) is 3.33. The van der Waals surface area contributed by atoms with Gasteiger partial charge in [-0.15, -0.1) is 11.3 Å². The Morgan fingerprint density at radius 1 is 1.27 bits per heavy atom. The molecule has 15 heavy (non-hydrogen) atoms. The van der Waals surface area contributed by atoms with Gasteiger partial charge in [-0.1, -0.05) is 6.07 Å².